The SMILES string of the molecule is Cc1c(C)c2c3c(C)c(C)c4c5n(c(=O)c6c(C)c(C)c(c7c(C)c(C)c8c9n(c(=O)c1c8c27)CN=9)c3c64)CN=5. The largest absolute Gasteiger partial charge is 0.272 e. The van der Waals surface area contributed by atoms with E-state index in [0.29, 0.717) is 13.3 Å². The van der Waals surface area contributed by atoms with Crippen LogP contribution < -0.4 is 22.1 Å². The number of hydrogen-bond donors (Lipinski definition) is 0. The second-order valence-electron chi connectivity index (χ2n) is 12.2. The highest BCUT2D eigenvalue weighted by molar-refractivity contribution is 6.42. The summed E-state index contributed by atoms with van der Waals surface area (Å²) in [5.41, 5.74) is 10.9. The van der Waals surface area contributed by atoms with Crippen molar-refractivity contribution in [1.29, 1.82) is 0 Å². The summed E-state index contributed by atoms with van der Waals surface area (Å²) in [6, 6.07) is 0. The zero-order chi connectivity index (χ0) is 27.8. The second kappa shape index (κ2) is 6.52. The fourth-order valence-corrected chi connectivity index (χ4v) is 8.29. The summed E-state index contributed by atoms with van der Waals surface area (Å²) in [5.74, 6) is 0. The number of fused-ring (bicyclic) bond motifs is 6. The number of benzene rings is 5. The monoisotopic (exact) mass is 524 g/mol. The Morgan fingerprint density at radius 3 is 0.900 bits per heavy atom. The first-order valence-electron chi connectivity index (χ1n) is 14.0. The Hall–Kier alpha value is -4.32. The predicted molar refractivity (Wildman–Crippen MR) is 163 cm³/mol. The molecule has 40 heavy (non-hydrogen) atoms. The van der Waals surface area contributed by atoms with Crippen LogP contribution in [-0.2, 0) is 13.3 Å². The lowest BCUT2D eigenvalue weighted by Gasteiger charge is -2.29. The lowest BCUT2D eigenvalue weighted by atomic mass is 9.76. The van der Waals surface area contributed by atoms with Gasteiger partial charge in [-0.25, -0.2) is 9.98 Å². The Kier molecular flexibility index (Phi) is 3.67. The fourth-order valence-electron chi connectivity index (χ4n) is 8.29. The highest BCUT2D eigenvalue weighted by atomic mass is 16.1. The summed E-state index contributed by atoms with van der Waals surface area (Å²) < 4.78 is 3.67. The van der Waals surface area contributed by atoms with Crippen LogP contribution in [0.1, 0.15) is 44.5 Å². The Bertz CT molecular complexity index is 2500. The van der Waals surface area contributed by atoms with Gasteiger partial charge in [0.15, 0.2) is 0 Å². The molecule has 0 spiro atoms. The molecule has 7 aromatic rings. The van der Waals surface area contributed by atoms with Gasteiger partial charge in [0, 0.05) is 21.5 Å². The minimum absolute atomic E-state index is 0.0596. The standard InChI is InChI=1S/C34H28N4O2/c1-11-15(5)23-29-25(33(39)37-9-35-31(23)37)18(8)14(4)22-20-12(2)16(6)24-30-26(34(40)38-10-36-32(24)38)17(7)13(3)21(28(20)30)19(11)27(22)29/h9-10H2,1-8H3. The topological polar surface area (TPSA) is 68.7 Å². The van der Waals surface area contributed by atoms with Gasteiger partial charge < -0.3 is 0 Å². The van der Waals surface area contributed by atoms with Gasteiger partial charge in [-0.2, -0.15) is 0 Å². The van der Waals surface area contributed by atoms with E-state index in [-0.39, 0.29) is 11.1 Å². The first kappa shape index (κ1) is 22.5. The van der Waals surface area contributed by atoms with Crippen LogP contribution in [0.5, 0.6) is 0 Å². The average molecular weight is 525 g/mol. The molecule has 0 unspecified atom stereocenters. The summed E-state index contributed by atoms with van der Waals surface area (Å²) in [6.45, 7) is 18.2. The molecule has 0 saturated carbocycles. The Morgan fingerprint density at radius 1 is 0.375 bits per heavy atom. The van der Waals surface area contributed by atoms with Crippen molar-refractivity contribution >= 4 is 64.6 Å². The van der Waals surface area contributed by atoms with Crippen molar-refractivity contribution in [2.45, 2.75) is 68.7 Å². The van der Waals surface area contributed by atoms with Crippen LogP contribution in [0.2, 0.25) is 0 Å². The number of pyridine rings is 2. The summed E-state index contributed by atoms with van der Waals surface area (Å²) >= 11 is 0. The second-order valence-corrected chi connectivity index (χ2v) is 12.2. The minimum Gasteiger partial charge on any atom is -0.272 e. The van der Waals surface area contributed by atoms with Gasteiger partial charge in [0.1, 0.15) is 24.3 Å². The van der Waals surface area contributed by atoms with Crippen molar-refractivity contribution in [2.24, 2.45) is 9.98 Å². The van der Waals surface area contributed by atoms with E-state index < -0.39 is 0 Å². The van der Waals surface area contributed by atoms with E-state index >= 15 is 0 Å². The maximum atomic E-state index is 13.9. The smallest absolute Gasteiger partial charge is 0.261 e. The van der Waals surface area contributed by atoms with Crippen molar-refractivity contribution in [2.75, 3.05) is 0 Å². The van der Waals surface area contributed by atoms with Crippen molar-refractivity contribution in [3.8, 4) is 0 Å². The molecule has 0 amide bonds. The zero-order valence-corrected chi connectivity index (χ0v) is 24.0. The third kappa shape index (κ3) is 2.01. The van der Waals surface area contributed by atoms with Crippen molar-refractivity contribution in [1.82, 2.24) is 9.13 Å². The van der Waals surface area contributed by atoms with E-state index in [4.69, 9.17) is 9.98 Å². The highest BCUT2D eigenvalue weighted by Crippen LogP contribution is 2.51. The van der Waals surface area contributed by atoms with Gasteiger partial charge in [-0.3, -0.25) is 18.7 Å². The van der Waals surface area contributed by atoms with E-state index in [2.05, 4.69) is 55.4 Å². The number of nitrogens with zero attached hydrogens (tertiary/aromatic N) is 4. The third-order valence-electron chi connectivity index (χ3n) is 10.9. The molecule has 0 bridgehead atoms. The zero-order valence-electron chi connectivity index (χ0n) is 24.0. The summed E-state index contributed by atoms with van der Waals surface area (Å²) in [7, 11) is 0. The number of hydrogen-bond acceptors (Lipinski definition) is 4. The molecule has 5 aromatic carbocycles. The van der Waals surface area contributed by atoms with Crippen LogP contribution in [-0.4, -0.2) is 9.13 Å². The van der Waals surface area contributed by atoms with Gasteiger partial charge in [0.05, 0.1) is 10.8 Å². The molecule has 0 aliphatic carbocycles. The van der Waals surface area contributed by atoms with Crippen molar-refractivity contribution in [3.05, 3.63) is 76.2 Å². The molecule has 0 saturated heterocycles. The summed E-state index contributed by atoms with van der Waals surface area (Å²) in [4.78, 5) is 37.2. The molecule has 2 aliphatic rings. The maximum Gasteiger partial charge on any atom is 0.261 e. The van der Waals surface area contributed by atoms with Crippen molar-refractivity contribution in [3.63, 3.8) is 0 Å². The quantitative estimate of drug-likeness (QED) is 0.195. The average Bonchev–Trinajstić information content (AvgIpc) is 2.87. The molecule has 4 heterocycles. The van der Waals surface area contributed by atoms with Crippen LogP contribution in [0, 0.1) is 55.4 Å². The van der Waals surface area contributed by atoms with Crippen LogP contribution >= 0.6 is 0 Å². The van der Waals surface area contributed by atoms with Crippen LogP contribution in [0.4, 0.5) is 0 Å². The maximum absolute atomic E-state index is 13.9. The molecule has 6 nitrogen and oxygen atoms in total. The van der Waals surface area contributed by atoms with Crippen LogP contribution in [0.15, 0.2) is 19.6 Å². The summed E-state index contributed by atoms with van der Waals surface area (Å²) in [6.07, 6.45) is 0. The van der Waals surface area contributed by atoms with Gasteiger partial charge in [-0.05, 0) is 132 Å². The number of rotatable bonds is 0. The van der Waals surface area contributed by atoms with E-state index in [0.717, 1.165) is 65.5 Å². The first-order valence-corrected chi connectivity index (χ1v) is 14.0. The van der Waals surface area contributed by atoms with Gasteiger partial charge in [-0.1, -0.05) is 0 Å². The summed E-state index contributed by atoms with van der Waals surface area (Å²) in [5, 5.41) is 13.1. The Labute approximate surface area is 228 Å². The Balaban J connectivity index is 1.81. The fraction of sp³-hybridized carbons (Fsp3) is 0.294. The molecule has 0 N–H and O–H groups in total. The molecule has 0 atom stereocenters. The third-order valence-corrected chi connectivity index (χ3v) is 10.9. The highest BCUT2D eigenvalue weighted by Gasteiger charge is 2.31. The molecule has 2 aromatic heterocycles. The molecule has 6 heteroatoms. The minimum atomic E-state index is 0.0596. The molecular formula is C34H28N4O2. The van der Waals surface area contributed by atoms with E-state index in [1.165, 1.54) is 54.6 Å². The molecule has 0 radical (unpaired) electrons. The lowest BCUT2D eigenvalue weighted by Crippen LogP contribution is -2.41. The number of aromatic nitrogens is 2. The lowest BCUT2D eigenvalue weighted by molar-refractivity contribution is 0.569. The molecule has 0 fully saturated rings. The molecule has 196 valence electrons. The Morgan fingerprint density at radius 2 is 0.625 bits per heavy atom. The van der Waals surface area contributed by atoms with E-state index in [1.54, 1.807) is 0 Å². The van der Waals surface area contributed by atoms with Gasteiger partial charge >= 0.3 is 0 Å². The van der Waals surface area contributed by atoms with E-state index in [1.807, 2.05) is 9.13 Å². The first-order chi connectivity index (χ1) is 19.1. The van der Waals surface area contributed by atoms with Crippen LogP contribution in [0.3, 0.4) is 0 Å². The molecule has 2 aliphatic heterocycles. The van der Waals surface area contributed by atoms with Gasteiger partial charge in [0.25, 0.3) is 11.1 Å². The number of aryl methyl sites for hydroxylation is 8. The van der Waals surface area contributed by atoms with Gasteiger partial charge in [0.2, 0.25) is 0 Å². The predicted octanol–water partition coefficient (Wildman–Crippen LogP) is 5.45. The van der Waals surface area contributed by atoms with Crippen molar-refractivity contribution < 1.29 is 0 Å². The molecular weight excluding hydrogens is 496 g/mol. The van der Waals surface area contributed by atoms with Gasteiger partial charge in [-0.15, -0.1) is 0 Å². The van der Waals surface area contributed by atoms with E-state index in [9.17, 15) is 9.59 Å². The normalized spacial score (nSPS) is 14.4. The van der Waals surface area contributed by atoms with Crippen LogP contribution in [0.25, 0.3) is 64.6 Å². The molecule has 9 rings (SSSR count).